The molecule has 1 rings (SSSR count). The van der Waals surface area contributed by atoms with Crippen molar-refractivity contribution in [2.75, 3.05) is 0 Å². The summed E-state index contributed by atoms with van der Waals surface area (Å²) in [6, 6.07) is 2.27. The monoisotopic (exact) mass is 163 g/mol. The van der Waals surface area contributed by atoms with E-state index in [1.165, 1.54) is 6.42 Å². The molecule has 0 aromatic carbocycles. The molecule has 1 heteroatoms. The van der Waals surface area contributed by atoms with E-state index in [1.807, 2.05) is 0 Å². The fourth-order valence-corrected chi connectivity index (χ4v) is 1.74. The molecule has 0 radical (unpaired) electrons. The molecule has 0 fully saturated rings. The van der Waals surface area contributed by atoms with Crippen molar-refractivity contribution in [2.24, 2.45) is 11.3 Å². The third-order valence-electron chi connectivity index (χ3n) is 2.74. The van der Waals surface area contributed by atoms with Crippen LogP contribution in [0.2, 0.25) is 0 Å². The Morgan fingerprint density at radius 3 is 2.67 bits per heavy atom. The second kappa shape index (κ2) is 3.31. The van der Waals surface area contributed by atoms with Gasteiger partial charge >= 0.3 is 0 Å². The van der Waals surface area contributed by atoms with Gasteiger partial charge in [-0.1, -0.05) is 26.8 Å². The summed E-state index contributed by atoms with van der Waals surface area (Å²) in [5, 5.41) is 8.76. The minimum atomic E-state index is 0.358. The predicted molar refractivity (Wildman–Crippen MR) is 50.5 cm³/mol. The lowest BCUT2D eigenvalue weighted by atomic mass is 9.72. The van der Waals surface area contributed by atoms with Crippen molar-refractivity contribution in [3.63, 3.8) is 0 Å². The molecule has 0 saturated carbocycles. The van der Waals surface area contributed by atoms with Crippen molar-refractivity contribution >= 4 is 0 Å². The van der Waals surface area contributed by atoms with Gasteiger partial charge in [-0.05, 0) is 30.6 Å². The topological polar surface area (TPSA) is 23.8 Å². The van der Waals surface area contributed by atoms with E-state index in [-0.39, 0.29) is 0 Å². The minimum absolute atomic E-state index is 0.358. The van der Waals surface area contributed by atoms with Gasteiger partial charge in [-0.15, -0.1) is 0 Å². The van der Waals surface area contributed by atoms with E-state index in [2.05, 4.69) is 32.9 Å². The Morgan fingerprint density at radius 2 is 2.17 bits per heavy atom. The number of nitriles is 1. The molecule has 0 N–H and O–H groups in total. The standard InChI is InChI=1S/C11H17N/c1-11(2,3)10-6-4-5-9(7-10)8-12/h5,10H,4,6-7H2,1-3H3. The summed E-state index contributed by atoms with van der Waals surface area (Å²) in [4.78, 5) is 0. The Bertz CT molecular complexity index is 224. The highest BCUT2D eigenvalue weighted by atomic mass is 14.3. The van der Waals surface area contributed by atoms with Crippen molar-refractivity contribution in [1.82, 2.24) is 0 Å². The maximum atomic E-state index is 8.76. The third-order valence-corrected chi connectivity index (χ3v) is 2.74. The normalized spacial score (nSPS) is 24.5. The van der Waals surface area contributed by atoms with Gasteiger partial charge in [0.05, 0.1) is 6.07 Å². The number of allylic oxidation sites excluding steroid dienone is 2. The molecule has 66 valence electrons. The molecular formula is C11H17N. The average Bonchev–Trinajstić information content (AvgIpc) is 2.03. The Morgan fingerprint density at radius 1 is 1.50 bits per heavy atom. The molecule has 1 aliphatic carbocycles. The highest BCUT2D eigenvalue weighted by Gasteiger charge is 2.26. The summed E-state index contributed by atoms with van der Waals surface area (Å²) < 4.78 is 0. The minimum Gasteiger partial charge on any atom is -0.193 e. The molecule has 0 aromatic rings. The zero-order valence-electron chi connectivity index (χ0n) is 8.22. The number of hydrogen-bond donors (Lipinski definition) is 0. The summed E-state index contributed by atoms with van der Waals surface area (Å²) >= 11 is 0. The van der Waals surface area contributed by atoms with Crippen LogP contribution in [0.4, 0.5) is 0 Å². The molecular weight excluding hydrogens is 146 g/mol. The molecule has 0 saturated heterocycles. The molecule has 0 aliphatic heterocycles. The maximum absolute atomic E-state index is 8.76. The molecule has 1 aliphatic rings. The summed E-state index contributed by atoms with van der Waals surface area (Å²) in [5.41, 5.74) is 1.34. The third kappa shape index (κ3) is 2.11. The average molecular weight is 163 g/mol. The molecule has 0 heterocycles. The lowest BCUT2D eigenvalue weighted by Crippen LogP contribution is -2.22. The van der Waals surface area contributed by atoms with Crippen LogP contribution in [0.1, 0.15) is 40.0 Å². The zero-order valence-corrected chi connectivity index (χ0v) is 8.22. The largest absolute Gasteiger partial charge is 0.193 e. The summed E-state index contributed by atoms with van der Waals surface area (Å²) in [7, 11) is 0. The number of rotatable bonds is 0. The van der Waals surface area contributed by atoms with Crippen molar-refractivity contribution < 1.29 is 0 Å². The molecule has 1 nitrogen and oxygen atoms in total. The van der Waals surface area contributed by atoms with Crippen LogP contribution in [0.25, 0.3) is 0 Å². The Kier molecular flexibility index (Phi) is 2.57. The van der Waals surface area contributed by atoms with Crippen LogP contribution >= 0.6 is 0 Å². The molecule has 1 atom stereocenters. The number of nitrogens with zero attached hydrogens (tertiary/aromatic N) is 1. The Labute approximate surface area is 75.1 Å². The summed E-state index contributed by atoms with van der Waals surface area (Å²) in [6.45, 7) is 6.79. The van der Waals surface area contributed by atoms with E-state index in [9.17, 15) is 0 Å². The van der Waals surface area contributed by atoms with E-state index >= 15 is 0 Å². The van der Waals surface area contributed by atoms with Gasteiger partial charge < -0.3 is 0 Å². The van der Waals surface area contributed by atoms with Crippen LogP contribution < -0.4 is 0 Å². The van der Waals surface area contributed by atoms with Gasteiger partial charge in [0.1, 0.15) is 0 Å². The Hall–Kier alpha value is -0.770. The van der Waals surface area contributed by atoms with E-state index in [4.69, 9.17) is 5.26 Å². The van der Waals surface area contributed by atoms with Crippen molar-refractivity contribution in [3.05, 3.63) is 11.6 Å². The molecule has 12 heavy (non-hydrogen) atoms. The van der Waals surface area contributed by atoms with Crippen LogP contribution in [0.15, 0.2) is 11.6 Å². The molecule has 0 amide bonds. The van der Waals surface area contributed by atoms with Crippen molar-refractivity contribution in [2.45, 2.75) is 40.0 Å². The van der Waals surface area contributed by atoms with Crippen LogP contribution in [0.3, 0.4) is 0 Å². The fraction of sp³-hybridized carbons (Fsp3) is 0.727. The summed E-state index contributed by atoms with van der Waals surface area (Å²) in [6.07, 6.45) is 5.40. The second-order valence-corrected chi connectivity index (χ2v) is 4.69. The van der Waals surface area contributed by atoms with Crippen LogP contribution in [0, 0.1) is 22.7 Å². The lowest BCUT2D eigenvalue weighted by molar-refractivity contribution is 0.220. The van der Waals surface area contributed by atoms with Crippen LogP contribution in [-0.4, -0.2) is 0 Å². The second-order valence-electron chi connectivity index (χ2n) is 4.69. The van der Waals surface area contributed by atoms with Gasteiger partial charge in [0.15, 0.2) is 0 Å². The quantitative estimate of drug-likeness (QED) is 0.537. The van der Waals surface area contributed by atoms with E-state index in [1.54, 1.807) is 0 Å². The first-order chi connectivity index (χ1) is 5.54. The summed E-state index contributed by atoms with van der Waals surface area (Å²) in [5.74, 6) is 0.692. The molecule has 0 aromatic heterocycles. The zero-order chi connectivity index (χ0) is 9.19. The van der Waals surface area contributed by atoms with Crippen molar-refractivity contribution in [3.8, 4) is 6.07 Å². The molecule has 0 bridgehead atoms. The lowest BCUT2D eigenvalue weighted by Gasteiger charge is -2.32. The van der Waals surface area contributed by atoms with E-state index < -0.39 is 0 Å². The first kappa shape index (κ1) is 9.32. The van der Waals surface area contributed by atoms with Gasteiger partial charge in [0.25, 0.3) is 0 Å². The van der Waals surface area contributed by atoms with Gasteiger partial charge in [-0.25, -0.2) is 0 Å². The highest BCUT2D eigenvalue weighted by molar-refractivity contribution is 5.23. The van der Waals surface area contributed by atoms with Gasteiger partial charge in [-0.2, -0.15) is 5.26 Å². The van der Waals surface area contributed by atoms with Crippen LogP contribution in [0.5, 0.6) is 0 Å². The SMILES string of the molecule is CC(C)(C)C1CCC=C(C#N)C1. The maximum Gasteiger partial charge on any atom is 0.0943 e. The van der Waals surface area contributed by atoms with Crippen LogP contribution in [-0.2, 0) is 0 Å². The smallest absolute Gasteiger partial charge is 0.0943 e. The molecule has 0 spiro atoms. The molecule has 1 unspecified atom stereocenters. The number of hydrogen-bond acceptors (Lipinski definition) is 1. The van der Waals surface area contributed by atoms with Gasteiger partial charge in [0.2, 0.25) is 0 Å². The first-order valence-electron chi connectivity index (χ1n) is 4.63. The Balaban J connectivity index is 2.65. The van der Waals surface area contributed by atoms with E-state index in [0.29, 0.717) is 11.3 Å². The predicted octanol–water partition coefficient (Wildman–Crippen LogP) is 3.28. The van der Waals surface area contributed by atoms with Crippen molar-refractivity contribution in [1.29, 1.82) is 5.26 Å². The first-order valence-corrected chi connectivity index (χ1v) is 4.63. The highest BCUT2D eigenvalue weighted by Crippen LogP contribution is 2.37. The fourth-order valence-electron chi connectivity index (χ4n) is 1.74. The van der Waals surface area contributed by atoms with Gasteiger partial charge in [0, 0.05) is 5.57 Å². The van der Waals surface area contributed by atoms with E-state index in [0.717, 1.165) is 18.4 Å². The van der Waals surface area contributed by atoms with Gasteiger partial charge in [-0.3, -0.25) is 0 Å².